The summed E-state index contributed by atoms with van der Waals surface area (Å²) in [6.07, 6.45) is 0. The molecule has 1 heterocycles. The summed E-state index contributed by atoms with van der Waals surface area (Å²) < 4.78 is 1.11. The third kappa shape index (κ3) is 4.95. The zero-order chi connectivity index (χ0) is 17.8. The summed E-state index contributed by atoms with van der Waals surface area (Å²) in [5.41, 5.74) is 3.79. The lowest BCUT2D eigenvalue weighted by Crippen LogP contribution is -2.22. The smallest absolute Gasteiger partial charge is 0.158 e. The van der Waals surface area contributed by atoms with Crippen molar-refractivity contribution in [1.82, 2.24) is 5.32 Å². The Balaban J connectivity index is 0.00000210. The highest BCUT2D eigenvalue weighted by Crippen LogP contribution is 2.38. The molecule has 0 aromatic heterocycles. The van der Waals surface area contributed by atoms with Crippen molar-refractivity contribution in [3.05, 3.63) is 106 Å². The first-order valence-electron chi connectivity index (χ1n) is 8.61. The number of aliphatic imine (C=N–C) groups is 1. The largest absolute Gasteiger partial charge is 0.356 e. The number of thioether (sulfide) groups is 1. The first-order chi connectivity index (χ1) is 12.8. The Morgan fingerprint density at radius 2 is 1.52 bits per heavy atom. The van der Waals surface area contributed by atoms with Gasteiger partial charge < -0.3 is 5.32 Å². The molecule has 2 nitrogen and oxygen atoms in total. The van der Waals surface area contributed by atoms with E-state index in [-0.39, 0.29) is 24.5 Å². The molecule has 5 heteroatoms. The Morgan fingerprint density at radius 3 is 2.19 bits per heavy atom. The Hall–Kier alpha value is -1.75. The number of halogens is 2. The molecule has 1 aliphatic rings. The maximum atomic E-state index is 5.01. The van der Waals surface area contributed by atoms with E-state index in [1.165, 1.54) is 16.7 Å². The van der Waals surface area contributed by atoms with Gasteiger partial charge in [0.15, 0.2) is 5.17 Å². The van der Waals surface area contributed by atoms with Crippen molar-refractivity contribution in [3.8, 4) is 0 Å². The van der Waals surface area contributed by atoms with Crippen molar-refractivity contribution >= 4 is 45.3 Å². The van der Waals surface area contributed by atoms with E-state index >= 15 is 0 Å². The van der Waals surface area contributed by atoms with Gasteiger partial charge in [0.1, 0.15) is 6.04 Å². The molecule has 1 aliphatic heterocycles. The van der Waals surface area contributed by atoms with Crippen LogP contribution >= 0.6 is 40.1 Å². The fourth-order valence-electron chi connectivity index (χ4n) is 3.15. The van der Waals surface area contributed by atoms with Gasteiger partial charge in [0, 0.05) is 10.2 Å². The van der Waals surface area contributed by atoms with Crippen molar-refractivity contribution in [3.63, 3.8) is 0 Å². The second kappa shape index (κ2) is 9.45. The summed E-state index contributed by atoms with van der Waals surface area (Å²) in [5, 5.41) is 4.65. The first kappa shape index (κ1) is 20.0. The lowest BCUT2D eigenvalue weighted by atomic mass is 9.95. The highest BCUT2D eigenvalue weighted by atomic mass is 79.9. The standard InChI is InChI=1S/C22H19BrN2S.ClH/c23-19-13-7-8-16(14-19)15-26-22-24-20(17-9-3-1-4-10-17)21(25-22)18-11-5-2-6-12-18;/h1-14,20-21H,15H2,(H,24,25);1H/t20-,21+;. The monoisotopic (exact) mass is 458 g/mol. The van der Waals surface area contributed by atoms with Gasteiger partial charge in [0.25, 0.3) is 0 Å². The number of amidine groups is 1. The van der Waals surface area contributed by atoms with Crippen LogP contribution in [0, 0.1) is 0 Å². The molecule has 1 N–H and O–H groups in total. The number of hydrogen-bond donors (Lipinski definition) is 1. The topological polar surface area (TPSA) is 24.4 Å². The van der Waals surface area contributed by atoms with Gasteiger partial charge in [-0.25, -0.2) is 0 Å². The SMILES string of the molecule is Brc1cccc(CSC2=N[C@H](c3ccccc3)[C@H](c3ccccc3)N2)c1.Cl. The Morgan fingerprint density at radius 1 is 0.852 bits per heavy atom. The zero-order valence-corrected chi connectivity index (χ0v) is 17.8. The molecule has 3 aromatic carbocycles. The van der Waals surface area contributed by atoms with Crippen LogP contribution in [0.4, 0.5) is 0 Å². The number of benzene rings is 3. The minimum absolute atomic E-state index is 0. The molecule has 0 amide bonds. The molecule has 0 saturated carbocycles. The molecule has 3 aromatic rings. The molecule has 138 valence electrons. The van der Waals surface area contributed by atoms with E-state index in [1.807, 2.05) is 0 Å². The molecule has 0 saturated heterocycles. The van der Waals surface area contributed by atoms with E-state index < -0.39 is 0 Å². The molecule has 4 rings (SSSR count). The number of nitrogens with zero attached hydrogens (tertiary/aromatic N) is 1. The molecule has 0 fully saturated rings. The summed E-state index contributed by atoms with van der Waals surface area (Å²) in [6, 6.07) is 29.8. The van der Waals surface area contributed by atoms with E-state index in [0.717, 1.165) is 15.4 Å². The summed E-state index contributed by atoms with van der Waals surface area (Å²) in [7, 11) is 0. The normalized spacial score (nSPS) is 18.3. The molecule has 2 atom stereocenters. The average Bonchev–Trinajstić information content (AvgIpc) is 3.12. The summed E-state index contributed by atoms with van der Waals surface area (Å²) in [6.45, 7) is 0. The Labute approximate surface area is 179 Å². The Kier molecular flexibility index (Phi) is 7.00. The molecular weight excluding hydrogens is 440 g/mol. The van der Waals surface area contributed by atoms with Crippen LogP contribution in [0.25, 0.3) is 0 Å². The van der Waals surface area contributed by atoms with Crippen molar-refractivity contribution in [2.24, 2.45) is 4.99 Å². The average molecular weight is 460 g/mol. The van der Waals surface area contributed by atoms with Crippen molar-refractivity contribution in [2.75, 3.05) is 0 Å². The molecule has 0 spiro atoms. The minimum Gasteiger partial charge on any atom is -0.356 e. The number of hydrogen-bond acceptors (Lipinski definition) is 3. The van der Waals surface area contributed by atoms with Gasteiger partial charge in [-0.2, -0.15) is 0 Å². The first-order valence-corrected chi connectivity index (χ1v) is 10.4. The summed E-state index contributed by atoms with van der Waals surface area (Å²) >= 11 is 5.30. The van der Waals surface area contributed by atoms with Gasteiger partial charge in [-0.1, -0.05) is 100 Å². The van der Waals surface area contributed by atoms with E-state index in [4.69, 9.17) is 4.99 Å². The molecule has 0 aliphatic carbocycles. The predicted molar refractivity (Wildman–Crippen MR) is 122 cm³/mol. The van der Waals surface area contributed by atoms with Gasteiger partial charge in [0.05, 0.1) is 6.04 Å². The third-order valence-electron chi connectivity index (χ3n) is 4.42. The van der Waals surface area contributed by atoms with Crippen LogP contribution in [0.3, 0.4) is 0 Å². The van der Waals surface area contributed by atoms with E-state index in [0.29, 0.717) is 0 Å². The van der Waals surface area contributed by atoms with Crippen LogP contribution in [-0.2, 0) is 5.75 Å². The lowest BCUT2D eigenvalue weighted by molar-refractivity contribution is 0.573. The molecule has 27 heavy (non-hydrogen) atoms. The quantitative estimate of drug-likeness (QED) is 0.478. The third-order valence-corrected chi connectivity index (χ3v) is 5.88. The van der Waals surface area contributed by atoms with Crippen LogP contribution in [-0.4, -0.2) is 5.17 Å². The minimum atomic E-state index is 0. The number of rotatable bonds is 4. The second-order valence-corrected chi connectivity index (χ2v) is 8.12. The van der Waals surface area contributed by atoms with Gasteiger partial charge >= 0.3 is 0 Å². The Bertz CT molecular complexity index is 902. The highest BCUT2D eigenvalue weighted by Gasteiger charge is 2.31. The second-order valence-electron chi connectivity index (χ2n) is 6.24. The highest BCUT2D eigenvalue weighted by molar-refractivity contribution is 9.10. The van der Waals surface area contributed by atoms with E-state index in [2.05, 4.69) is 106 Å². The van der Waals surface area contributed by atoms with Crippen LogP contribution in [0.15, 0.2) is 94.4 Å². The fourth-order valence-corrected chi connectivity index (χ4v) is 4.48. The van der Waals surface area contributed by atoms with Gasteiger partial charge in [-0.3, -0.25) is 4.99 Å². The summed E-state index contributed by atoms with van der Waals surface area (Å²) in [5.74, 6) is 0.897. The van der Waals surface area contributed by atoms with Gasteiger partial charge in [0.2, 0.25) is 0 Å². The zero-order valence-electron chi connectivity index (χ0n) is 14.6. The molecule has 0 radical (unpaired) electrons. The van der Waals surface area contributed by atoms with Crippen molar-refractivity contribution < 1.29 is 0 Å². The van der Waals surface area contributed by atoms with Gasteiger partial charge in [-0.15, -0.1) is 12.4 Å². The maximum absolute atomic E-state index is 5.01. The lowest BCUT2D eigenvalue weighted by Gasteiger charge is -2.19. The predicted octanol–water partition coefficient (Wildman–Crippen LogP) is 6.55. The summed E-state index contributed by atoms with van der Waals surface area (Å²) in [4.78, 5) is 5.01. The van der Waals surface area contributed by atoms with Gasteiger partial charge in [-0.05, 0) is 28.8 Å². The maximum Gasteiger partial charge on any atom is 0.158 e. The van der Waals surface area contributed by atoms with Crippen LogP contribution in [0.2, 0.25) is 0 Å². The van der Waals surface area contributed by atoms with Crippen molar-refractivity contribution in [2.45, 2.75) is 17.8 Å². The molecule has 0 unspecified atom stereocenters. The van der Waals surface area contributed by atoms with Crippen LogP contribution in [0.1, 0.15) is 28.8 Å². The van der Waals surface area contributed by atoms with Crippen LogP contribution < -0.4 is 5.32 Å². The van der Waals surface area contributed by atoms with E-state index in [9.17, 15) is 0 Å². The molecule has 0 bridgehead atoms. The fraction of sp³-hybridized carbons (Fsp3) is 0.136. The van der Waals surface area contributed by atoms with E-state index in [1.54, 1.807) is 11.8 Å². The number of nitrogens with one attached hydrogen (secondary N) is 1. The van der Waals surface area contributed by atoms with Crippen LogP contribution in [0.5, 0.6) is 0 Å². The van der Waals surface area contributed by atoms with Crippen molar-refractivity contribution in [1.29, 1.82) is 0 Å². The molecular formula is C22H20BrClN2S.